The van der Waals surface area contributed by atoms with Crippen molar-refractivity contribution in [3.63, 3.8) is 0 Å². The summed E-state index contributed by atoms with van der Waals surface area (Å²) in [6.45, 7) is 1.54. The van der Waals surface area contributed by atoms with Crippen LogP contribution in [0.3, 0.4) is 0 Å². The first-order valence-corrected chi connectivity index (χ1v) is 12.6. The molecular formula is C29H28N4O3S. The van der Waals surface area contributed by atoms with Crippen LogP contribution in [0.15, 0.2) is 95.5 Å². The number of aromatic nitrogens is 1. The van der Waals surface area contributed by atoms with Crippen molar-refractivity contribution in [2.75, 3.05) is 25.5 Å². The van der Waals surface area contributed by atoms with Gasteiger partial charge in [0.25, 0.3) is 0 Å². The van der Waals surface area contributed by atoms with Crippen LogP contribution >= 0.6 is 12.2 Å². The lowest BCUT2D eigenvalue weighted by Gasteiger charge is -2.26. The smallest absolute Gasteiger partial charge is 0.338 e. The lowest BCUT2D eigenvalue weighted by molar-refractivity contribution is 0.0601. The monoisotopic (exact) mass is 512 g/mol. The Bertz CT molecular complexity index is 1360. The van der Waals surface area contributed by atoms with Gasteiger partial charge in [0.2, 0.25) is 0 Å². The van der Waals surface area contributed by atoms with Crippen LogP contribution < -0.4 is 10.6 Å². The largest absolute Gasteiger partial charge is 0.465 e. The zero-order chi connectivity index (χ0) is 25.6. The fourth-order valence-electron chi connectivity index (χ4n) is 4.64. The average molecular weight is 513 g/mol. The molecule has 0 spiro atoms. The second kappa shape index (κ2) is 11.3. The predicted octanol–water partition coefficient (Wildman–Crippen LogP) is 5.60. The molecule has 37 heavy (non-hydrogen) atoms. The fourth-order valence-corrected chi connectivity index (χ4v) is 4.97. The Hall–Kier alpha value is -4.17. The molecule has 0 saturated carbocycles. The third-order valence-corrected chi connectivity index (χ3v) is 6.74. The second-order valence-corrected chi connectivity index (χ2v) is 9.09. The third-order valence-electron chi connectivity index (χ3n) is 6.39. The number of anilines is 1. The molecule has 0 amide bonds. The fraction of sp³-hybridized carbons (Fsp3) is 0.207. The number of para-hydroxylation sites is 1. The Morgan fingerprint density at radius 2 is 1.84 bits per heavy atom. The van der Waals surface area contributed by atoms with Crippen molar-refractivity contribution in [1.29, 1.82) is 0 Å². The first-order chi connectivity index (χ1) is 18.2. The molecule has 0 radical (unpaired) electrons. The summed E-state index contributed by atoms with van der Waals surface area (Å²) >= 11 is 5.77. The number of furan rings is 1. The number of esters is 1. The quantitative estimate of drug-likeness (QED) is 0.170. The highest BCUT2D eigenvalue weighted by molar-refractivity contribution is 7.80. The first-order valence-electron chi connectivity index (χ1n) is 12.2. The highest BCUT2D eigenvalue weighted by atomic mass is 32.1. The minimum Gasteiger partial charge on any atom is -0.465 e. The number of rotatable bonds is 9. The molecule has 188 valence electrons. The molecule has 7 nitrogen and oxygen atoms in total. The van der Waals surface area contributed by atoms with E-state index in [1.807, 2.05) is 60.7 Å². The first kappa shape index (κ1) is 24.5. The van der Waals surface area contributed by atoms with Crippen LogP contribution in [-0.2, 0) is 4.74 Å². The molecule has 8 heteroatoms. The Morgan fingerprint density at radius 1 is 1.05 bits per heavy atom. The maximum absolute atomic E-state index is 12.3. The van der Waals surface area contributed by atoms with Gasteiger partial charge in [0.05, 0.1) is 24.4 Å². The molecule has 0 bridgehead atoms. The lowest BCUT2D eigenvalue weighted by Crippen LogP contribution is -2.31. The molecular weight excluding hydrogens is 484 g/mol. The summed E-state index contributed by atoms with van der Waals surface area (Å²) in [5, 5.41) is 7.57. The van der Waals surface area contributed by atoms with E-state index in [0.29, 0.717) is 22.0 Å². The second-order valence-electron chi connectivity index (χ2n) is 8.71. The number of ether oxygens (including phenoxy) is 1. The summed E-state index contributed by atoms with van der Waals surface area (Å²) < 4.78 is 11.4. The Labute approximate surface area is 221 Å². The van der Waals surface area contributed by atoms with Gasteiger partial charge >= 0.3 is 5.97 Å². The zero-order valence-corrected chi connectivity index (χ0v) is 21.3. The molecule has 0 unspecified atom stereocenters. The third kappa shape index (κ3) is 5.34. The normalized spacial score (nSPS) is 16.9. The van der Waals surface area contributed by atoms with E-state index >= 15 is 0 Å². The van der Waals surface area contributed by atoms with Crippen molar-refractivity contribution in [3.05, 3.63) is 108 Å². The van der Waals surface area contributed by atoms with Gasteiger partial charge in [-0.3, -0.25) is 4.98 Å². The van der Waals surface area contributed by atoms with Crippen molar-refractivity contribution in [1.82, 2.24) is 15.2 Å². The summed E-state index contributed by atoms with van der Waals surface area (Å²) in [6.07, 6.45) is 2.66. The molecule has 3 heterocycles. The van der Waals surface area contributed by atoms with E-state index < -0.39 is 5.97 Å². The molecule has 1 aliphatic rings. The van der Waals surface area contributed by atoms with Gasteiger partial charge in [-0.1, -0.05) is 42.5 Å². The summed E-state index contributed by atoms with van der Waals surface area (Å²) in [6, 6.07) is 26.7. The molecule has 0 aliphatic carbocycles. The van der Waals surface area contributed by atoms with E-state index in [1.165, 1.54) is 7.11 Å². The molecule has 1 aliphatic heterocycles. The van der Waals surface area contributed by atoms with Crippen LogP contribution in [0.2, 0.25) is 0 Å². The van der Waals surface area contributed by atoms with Gasteiger partial charge in [0.15, 0.2) is 5.11 Å². The number of carbonyl (C=O) groups excluding carboxylic acids is 1. The molecule has 2 aromatic heterocycles. The molecule has 2 aromatic carbocycles. The van der Waals surface area contributed by atoms with Gasteiger partial charge in [-0.2, -0.15) is 0 Å². The predicted molar refractivity (Wildman–Crippen MR) is 147 cm³/mol. The van der Waals surface area contributed by atoms with Gasteiger partial charge in [-0.25, -0.2) is 4.79 Å². The molecule has 2 atom stereocenters. The summed E-state index contributed by atoms with van der Waals surface area (Å²) in [5.74, 6) is 0.934. The van der Waals surface area contributed by atoms with Crippen molar-refractivity contribution in [2.45, 2.75) is 18.5 Å². The number of hydrogen-bond acceptors (Lipinski definition) is 6. The number of thiocarbonyl (C=S) groups is 1. The van der Waals surface area contributed by atoms with Crippen LogP contribution in [0.4, 0.5) is 5.69 Å². The number of methoxy groups -OCH3 is 1. The molecule has 5 rings (SSSR count). The van der Waals surface area contributed by atoms with E-state index in [4.69, 9.17) is 21.4 Å². The van der Waals surface area contributed by atoms with Gasteiger partial charge in [0, 0.05) is 30.5 Å². The van der Waals surface area contributed by atoms with Crippen LogP contribution in [-0.4, -0.2) is 41.2 Å². The minimum absolute atomic E-state index is 0.175. The molecule has 4 aromatic rings. The van der Waals surface area contributed by atoms with Crippen LogP contribution in [0, 0.1) is 0 Å². The van der Waals surface area contributed by atoms with E-state index in [2.05, 4.69) is 32.7 Å². The molecule has 1 saturated heterocycles. The number of nitrogens with zero attached hydrogens (tertiary/aromatic N) is 2. The number of benzene rings is 2. The highest BCUT2D eigenvalue weighted by Gasteiger charge is 2.41. The SMILES string of the molecule is COC(=O)c1ccccc1-c1ccc([C@H]2[C@H](c3ccccn3)NC(=S)N2CCCNc2ccccc2)o1. The van der Waals surface area contributed by atoms with Crippen molar-refractivity contribution in [3.8, 4) is 11.3 Å². The number of hydrogen-bond donors (Lipinski definition) is 2. The van der Waals surface area contributed by atoms with Crippen molar-refractivity contribution in [2.24, 2.45) is 0 Å². The Balaban J connectivity index is 1.41. The summed E-state index contributed by atoms with van der Waals surface area (Å²) in [5.41, 5.74) is 3.11. The Kier molecular flexibility index (Phi) is 7.46. The maximum Gasteiger partial charge on any atom is 0.338 e. The van der Waals surface area contributed by atoms with Crippen molar-refractivity contribution < 1.29 is 13.9 Å². The average Bonchev–Trinajstić information content (AvgIpc) is 3.56. The topological polar surface area (TPSA) is 79.6 Å². The van der Waals surface area contributed by atoms with Crippen LogP contribution in [0.5, 0.6) is 0 Å². The minimum atomic E-state index is -0.406. The lowest BCUT2D eigenvalue weighted by atomic mass is 10.0. The van der Waals surface area contributed by atoms with Gasteiger partial charge in [0.1, 0.15) is 17.6 Å². The van der Waals surface area contributed by atoms with Gasteiger partial charge in [-0.05, 0) is 61.1 Å². The standard InChI is InChI=1S/C29H28N4O3S/c1-35-28(34)22-13-6-5-12-21(22)24-15-16-25(36-24)27-26(23-14-7-8-17-31-23)32-29(37)33(27)19-9-18-30-20-10-3-2-4-11-20/h2-8,10-17,26-27,30H,9,18-19H2,1H3,(H,32,37)/t26-,27-/m0/s1. The van der Waals surface area contributed by atoms with E-state index in [1.54, 1.807) is 18.3 Å². The van der Waals surface area contributed by atoms with Crippen molar-refractivity contribution >= 4 is 29.0 Å². The van der Waals surface area contributed by atoms with Crippen LogP contribution in [0.25, 0.3) is 11.3 Å². The van der Waals surface area contributed by atoms with E-state index in [9.17, 15) is 4.79 Å². The molecule has 1 fully saturated rings. The highest BCUT2D eigenvalue weighted by Crippen LogP contribution is 2.40. The molecule has 2 N–H and O–H groups in total. The summed E-state index contributed by atoms with van der Waals surface area (Å²) in [4.78, 5) is 19.1. The Morgan fingerprint density at radius 3 is 2.62 bits per heavy atom. The summed E-state index contributed by atoms with van der Waals surface area (Å²) in [7, 11) is 1.37. The maximum atomic E-state index is 12.3. The van der Waals surface area contributed by atoms with E-state index in [-0.39, 0.29) is 12.1 Å². The van der Waals surface area contributed by atoms with E-state index in [0.717, 1.165) is 36.7 Å². The number of pyridine rings is 1. The zero-order valence-electron chi connectivity index (χ0n) is 20.5. The number of nitrogens with one attached hydrogen (secondary N) is 2. The van der Waals surface area contributed by atoms with Gasteiger partial charge in [-0.15, -0.1) is 0 Å². The van der Waals surface area contributed by atoms with Gasteiger partial charge < -0.3 is 24.7 Å². The number of carbonyl (C=O) groups is 1. The van der Waals surface area contributed by atoms with Crippen LogP contribution in [0.1, 0.15) is 40.3 Å².